The van der Waals surface area contributed by atoms with E-state index in [-0.39, 0.29) is 0 Å². The van der Waals surface area contributed by atoms with Gasteiger partial charge in [-0.15, -0.1) is 0 Å². The lowest BCUT2D eigenvalue weighted by Crippen LogP contribution is -2.38. The predicted octanol–water partition coefficient (Wildman–Crippen LogP) is 1.84. The molecule has 11 heavy (non-hydrogen) atoms. The lowest BCUT2D eigenvalue weighted by atomic mass is 9.62. The van der Waals surface area contributed by atoms with Crippen molar-refractivity contribution >= 4 is 0 Å². The van der Waals surface area contributed by atoms with E-state index in [4.69, 9.17) is 0 Å². The van der Waals surface area contributed by atoms with E-state index in [0.29, 0.717) is 0 Å². The largest absolute Gasteiger partial charge is 0.306 e. The van der Waals surface area contributed by atoms with E-state index in [1.807, 2.05) is 0 Å². The molecule has 2 rings (SSSR count). The lowest BCUT2D eigenvalue weighted by molar-refractivity contribution is 0.0775. The van der Waals surface area contributed by atoms with Gasteiger partial charge in [0.25, 0.3) is 0 Å². The van der Waals surface area contributed by atoms with Gasteiger partial charge in [-0.2, -0.15) is 0 Å². The minimum absolute atomic E-state index is 0.919. The van der Waals surface area contributed by atoms with Gasteiger partial charge in [-0.1, -0.05) is 13.8 Å². The molecule has 0 radical (unpaired) electrons. The summed E-state index contributed by atoms with van der Waals surface area (Å²) in [4.78, 5) is 2.50. The van der Waals surface area contributed by atoms with Crippen LogP contribution in [0.15, 0.2) is 0 Å². The minimum Gasteiger partial charge on any atom is -0.306 e. The molecule has 0 spiro atoms. The summed E-state index contributed by atoms with van der Waals surface area (Å²) in [6.45, 7) is 7.49. The van der Waals surface area contributed by atoms with E-state index >= 15 is 0 Å². The second-order valence-corrected chi connectivity index (χ2v) is 4.79. The quantitative estimate of drug-likeness (QED) is 0.555. The summed E-state index contributed by atoms with van der Waals surface area (Å²) >= 11 is 0. The Kier molecular flexibility index (Phi) is 1.71. The predicted molar refractivity (Wildman–Crippen MR) is 47.4 cm³/mol. The Morgan fingerprint density at radius 2 is 2.00 bits per heavy atom. The third-order valence-corrected chi connectivity index (χ3v) is 3.66. The Bertz CT molecular complexity index is 153. The molecule has 0 aromatic heterocycles. The first-order chi connectivity index (χ1) is 5.18. The Labute approximate surface area is 69.8 Å². The van der Waals surface area contributed by atoms with Crippen molar-refractivity contribution < 1.29 is 0 Å². The van der Waals surface area contributed by atoms with E-state index in [9.17, 15) is 0 Å². The summed E-state index contributed by atoms with van der Waals surface area (Å²) < 4.78 is 0. The Balaban J connectivity index is 1.94. The number of likely N-dealkylation sites (tertiary alicyclic amines) is 1. The van der Waals surface area contributed by atoms with Crippen LogP contribution in [0.2, 0.25) is 0 Å². The maximum absolute atomic E-state index is 2.50. The third kappa shape index (κ3) is 1.10. The molecule has 64 valence electrons. The second kappa shape index (κ2) is 2.48. The molecule has 1 aliphatic carbocycles. The van der Waals surface area contributed by atoms with Crippen LogP contribution in [0.5, 0.6) is 0 Å². The zero-order chi connectivity index (χ0) is 8.01. The number of fused-ring (bicyclic) bond motifs is 1. The first-order valence-corrected chi connectivity index (χ1v) is 4.87. The number of hydrogen-bond acceptors (Lipinski definition) is 1. The van der Waals surface area contributed by atoms with Crippen molar-refractivity contribution in [3.05, 3.63) is 0 Å². The minimum atomic E-state index is 0.919. The molecule has 3 atom stereocenters. The Morgan fingerprint density at radius 3 is 2.55 bits per heavy atom. The Hall–Kier alpha value is -0.0400. The number of hydrogen-bond donors (Lipinski definition) is 0. The zero-order valence-electron chi connectivity index (χ0n) is 7.88. The highest BCUT2D eigenvalue weighted by Gasteiger charge is 2.46. The van der Waals surface area contributed by atoms with Gasteiger partial charge in [-0.25, -0.2) is 0 Å². The van der Waals surface area contributed by atoms with Crippen LogP contribution in [0.3, 0.4) is 0 Å². The topological polar surface area (TPSA) is 3.24 Å². The van der Waals surface area contributed by atoms with Gasteiger partial charge in [0.05, 0.1) is 0 Å². The summed E-state index contributed by atoms with van der Waals surface area (Å²) in [6.07, 6.45) is 1.51. The van der Waals surface area contributed by atoms with Crippen LogP contribution in [-0.4, -0.2) is 25.0 Å². The molecule has 1 nitrogen and oxygen atoms in total. The van der Waals surface area contributed by atoms with E-state index < -0.39 is 0 Å². The van der Waals surface area contributed by atoms with Gasteiger partial charge in [0.15, 0.2) is 0 Å². The van der Waals surface area contributed by atoms with Gasteiger partial charge >= 0.3 is 0 Å². The van der Waals surface area contributed by atoms with Crippen LogP contribution in [-0.2, 0) is 0 Å². The van der Waals surface area contributed by atoms with Crippen LogP contribution in [0.25, 0.3) is 0 Å². The third-order valence-electron chi connectivity index (χ3n) is 3.66. The van der Waals surface area contributed by atoms with Crippen LogP contribution in [0.1, 0.15) is 20.3 Å². The standard InChI is InChI=1S/C10H19N/c1-7(2)9-4-8-5-11(3)6-10(8)9/h7-10H,4-6H2,1-3H3. The normalized spacial score (nSPS) is 44.2. The van der Waals surface area contributed by atoms with Gasteiger partial charge in [0.1, 0.15) is 0 Å². The van der Waals surface area contributed by atoms with Crippen molar-refractivity contribution in [3.8, 4) is 0 Å². The fourth-order valence-electron chi connectivity index (χ4n) is 2.95. The second-order valence-electron chi connectivity index (χ2n) is 4.79. The fraction of sp³-hybridized carbons (Fsp3) is 1.00. The van der Waals surface area contributed by atoms with Crippen molar-refractivity contribution in [1.82, 2.24) is 4.90 Å². The molecule has 2 fully saturated rings. The van der Waals surface area contributed by atoms with E-state index in [1.54, 1.807) is 0 Å². The summed E-state index contributed by atoms with van der Waals surface area (Å²) in [7, 11) is 2.26. The molecule has 0 aromatic rings. The molecule has 1 saturated carbocycles. The Morgan fingerprint density at radius 1 is 1.27 bits per heavy atom. The molecular weight excluding hydrogens is 134 g/mol. The van der Waals surface area contributed by atoms with Crippen molar-refractivity contribution in [3.63, 3.8) is 0 Å². The van der Waals surface area contributed by atoms with Crippen molar-refractivity contribution in [2.75, 3.05) is 20.1 Å². The molecule has 1 aliphatic heterocycles. The van der Waals surface area contributed by atoms with E-state index in [1.165, 1.54) is 19.5 Å². The average molecular weight is 153 g/mol. The molecule has 0 bridgehead atoms. The zero-order valence-corrected chi connectivity index (χ0v) is 7.88. The van der Waals surface area contributed by atoms with Crippen molar-refractivity contribution in [2.45, 2.75) is 20.3 Å². The van der Waals surface area contributed by atoms with Crippen LogP contribution < -0.4 is 0 Å². The van der Waals surface area contributed by atoms with Gasteiger partial charge in [0.2, 0.25) is 0 Å². The molecule has 0 N–H and O–H groups in total. The smallest absolute Gasteiger partial charge is 0.00126 e. The summed E-state index contributed by atoms with van der Waals surface area (Å²) in [5.74, 6) is 4.08. The van der Waals surface area contributed by atoms with Crippen molar-refractivity contribution in [1.29, 1.82) is 0 Å². The number of rotatable bonds is 1. The molecule has 1 heteroatoms. The van der Waals surface area contributed by atoms with Gasteiger partial charge in [-0.05, 0) is 37.1 Å². The van der Waals surface area contributed by atoms with Crippen LogP contribution in [0, 0.1) is 23.7 Å². The summed E-state index contributed by atoms with van der Waals surface area (Å²) in [5.41, 5.74) is 0. The van der Waals surface area contributed by atoms with Crippen LogP contribution >= 0.6 is 0 Å². The first-order valence-electron chi connectivity index (χ1n) is 4.87. The SMILES string of the molecule is CC(C)C1CC2CN(C)CC21. The van der Waals surface area contributed by atoms with Crippen LogP contribution in [0.4, 0.5) is 0 Å². The number of nitrogens with zero attached hydrogens (tertiary/aromatic N) is 1. The molecule has 1 saturated heterocycles. The molecule has 0 aromatic carbocycles. The van der Waals surface area contributed by atoms with Crippen molar-refractivity contribution in [2.24, 2.45) is 23.7 Å². The maximum Gasteiger partial charge on any atom is 0.00126 e. The highest BCUT2D eigenvalue weighted by atomic mass is 15.1. The molecule has 2 aliphatic rings. The molecule has 0 amide bonds. The average Bonchev–Trinajstić information content (AvgIpc) is 2.13. The lowest BCUT2D eigenvalue weighted by Gasteiger charge is -2.42. The van der Waals surface area contributed by atoms with Gasteiger partial charge < -0.3 is 4.90 Å². The summed E-state index contributed by atoms with van der Waals surface area (Å²) in [5, 5.41) is 0. The molecular formula is C10H19N. The molecule has 1 heterocycles. The first kappa shape index (κ1) is 7.60. The monoisotopic (exact) mass is 153 g/mol. The van der Waals surface area contributed by atoms with Gasteiger partial charge in [-0.3, -0.25) is 0 Å². The van der Waals surface area contributed by atoms with E-state index in [0.717, 1.165) is 23.7 Å². The molecule has 3 unspecified atom stereocenters. The van der Waals surface area contributed by atoms with E-state index in [2.05, 4.69) is 25.8 Å². The fourth-order valence-corrected chi connectivity index (χ4v) is 2.95. The highest BCUT2D eigenvalue weighted by Crippen LogP contribution is 2.48. The highest BCUT2D eigenvalue weighted by molar-refractivity contribution is 4.97. The van der Waals surface area contributed by atoms with Gasteiger partial charge in [0, 0.05) is 13.1 Å². The maximum atomic E-state index is 2.50. The summed E-state index contributed by atoms with van der Waals surface area (Å²) in [6, 6.07) is 0.